The predicted octanol–water partition coefficient (Wildman–Crippen LogP) is 7.47. The summed E-state index contributed by atoms with van der Waals surface area (Å²) in [6.07, 6.45) is -4.54. The molecule has 2 N–H and O–H groups in total. The summed E-state index contributed by atoms with van der Waals surface area (Å²) in [4.78, 5) is 38.9. The molecule has 0 aliphatic rings. The van der Waals surface area contributed by atoms with E-state index in [1.807, 2.05) is 37.3 Å². The molecule has 10 heteroatoms. The number of nitrogens with one attached hydrogen (secondary N) is 2. The number of pyridine rings is 1. The van der Waals surface area contributed by atoms with E-state index < -0.39 is 23.7 Å². The lowest BCUT2D eigenvalue weighted by atomic mass is 10.1. The van der Waals surface area contributed by atoms with Gasteiger partial charge in [0, 0.05) is 22.3 Å². The highest BCUT2D eigenvalue weighted by molar-refractivity contribution is 6.13. The van der Waals surface area contributed by atoms with Crippen LogP contribution in [-0.4, -0.2) is 28.8 Å². The summed E-state index contributed by atoms with van der Waals surface area (Å²) in [7, 11) is 0. The van der Waals surface area contributed by atoms with Crippen molar-refractivity contribution in [2.75, 3.05) is 17.2 Å². The van der Waals surface area contributed by atoms with Crippen LogP contribution in [0.15, 0.2) is 84.9 Å². The molecule has 0 radical (unpaired) electrons. The Labute approximate surface area is 232 Å². The van der Waals surface area contributed by atoms with Gasteiger partial charge in [0.15, 0.2) is 0 Å². The molecule has 0 atom stereocenters. The number of carbonyl (C=O) groups excluding carboxylic acids is 3. The highest BCUT2D eigenvalue weighted by Gasteiger charge is 2.30. The van der Waals surface area contributed by atoms with Crippen LogP contribution in [0.2, 0.25) is 0 Å². The molecule has 0 saturated carbocycles. The molecule has 0 aliphatic carbocycles. The van der Waals surface area contributed by atoms with E-state index in [-0.39, 0.29) is 29.3 Å². The highest BCUT2D eigenvalue weighted by Crippen LogP contribution is 2.31. The maximum Gasteiger partial charge on any atom is 0.416 e. The number of fused-ring (bicyclic) bond motifs is 3. The molecule has 2 amide bonds. The van der Waals surface area contributed by atoms with Gasteiger partial charge in [-0.3, -0.25) is 4.79 Å². The van der Waals surface area contributed by atoms with Crippen molar-refractivity contribution in [1.82, 2.24) is 4.40 Å². The summed E-state index contributed by atoms with van der Waals surface area (Å²) in [6, 6.07) is 20.5. The number of anilines is 2. The topological polar surface area (TPSA) is 88.9 Å². The summed E-state index contributed by atoms with van der Waals surface area (Å²) in [5.74, 6) is -0.894. The SMILES string of the molecule is CCOC(=O)c1cc(C(=O)c2ccc(NC(=O)Nc3cccc(C(F)(F)F)c3)cc2)n2c1cc(C)c1ccccc12. The van der Waals surface area contributed by atoms with Crippen LogP contribution in [-0.2, 0) is 10.9 Å². The number of esters is 1. The molecule has 0 fully saturated rings. The first-order chi connectivity index (χ1) is 19.6. The van der Waals surface area contributed by atoms with Gasteiger partial charge in [-0.1, -0.05) is 24.3 Å². The van der Waals surface area contributed by atoms with Gasteiger partial charge in [-0.2, -0.15) is 13.2 Å². The van der Waals surface area contributed by atoms with Gasteiger partial charge in [-0.25, -0.2) is 9.59 Å². The van der Waals surface area contributed by atoms with Crippen molar-refractivity contribution in [3.05, 3.63) is 113 Å². The molecule has 3 aromatic carbocycles. The van der Waals surface area contributed by atoms with Gasteiger partial charge in [-0.05, 0) is 80.1 Å². The number of para-hydroxylation sites is 1. The Hall–Kier alpha value is -5.12. The van der Waals surface area contributed by atoms with E-state index in [9.17, 15) is 27.6 Å². The number of aryl methyl sites for hydroxylation is 1. The summed E-state index contributed by atoms with van der Waals surface area (Å²) in [6.45, 7) is 3.82. The fraction of sp³-hybridized carbons (Fsp3) is 0.129. The average molecular weight is 560 g/mol. The zero-order valence-corrected chi connectivity index (χ0v) is 22.0. The van der Waals surface area contributed by atoms with Gasteiger partial charge in [0.1, 0.15) is 0 Å². The average Bonchev–Trinajstić information content (AvgIpc) is 3.32. The third-order valence-corrected chi connectivity index (χ3v) is 6.54. The maximum atomic E-state index is 13.7. The minimum absolute atomic E-state index is 0.0240. The molecule has 5 rings (SSSR count). The first-order valence-electron chi connectivity index (χ1n) is 12.7. The normalized spacial score (nSPS) is 11.4. The Balaban J connectivity index is 1.43. The van der Waals surface area contributed by atoms with E-state index in [2.05, 4.69) is 10.6 Å². The fourth-order valence-corrected chi connectivity index (χ4v) is 4.67. The molecular formula is C31H24F3N3O4. The standard InChI is InChI=1S/C31H24F3N3O4/c1-3-41-29(39)24-17-27(37-25-10-5-4-9-23(25)18(2)15-26(24)37)28(38)19-11-13-21(14-12-19)35-30(40)36-22-8-6-7-20(16-22)31(32,33)34/h4-17H,3H2,1-2H3,(H2,35,36,40). The van der Waals surface area contributed by atoms with Crippen LogP contribution in [0.25, 0.3) is 16.4 Å². The second-order valence-electron chi connectivity index (χ2n) is 9.29. The van der Waals surface area contributed by atoms with E-state index >= 15 is 0 Å². The monoisotopic (exact) mass is 559 g/mol. The Morgan fingerprint density at radius 1 is 0.829 bits per heavy atom. The predicted molar refractivity (Wildman–Crippen MR) is 150 cm³/mol. The van der Waals surface area contributed by atoms with Crippen molar-refractivity contribution in [3.63, 3.8) is 0 Å². The molecule has 208 valence electrons. The number of hydrogen-bond acceptors (Lipinski definition) is 4. The van der Waals surface area contributed by atoms with Crippen molar-refractivity contribution in [2.24, 2.45) is 0 Å². The molecule has 0 bridgehead atoms. The molecular weight excluding hydrogens is 535 g/mol. The number of ketones is 1. The third-order valence-electron chi connectivity index (χ3n) is 6.54. The molecule has 0 saturated heterocycles. The van der Waals surface area contributed by atoms with Crippen LogP contribution in [0.5, 0.6) is 0 Å². The number of alkyl halides is 3. The van der Waals surface area contributed by atoms with Crippen molar-refractivity contribution in [2.45, 2.75) is 20.0 Å². The molecule has 5 aromatic rings. The second kappa shape index (κ2) is 10.8. The molecule has 2 heterocycles. The molecule has 2 aromatic heterocycles. The number of aromatic nitrogens is 1. The van der Waals surface area contributed by atoms with Gasteiger partial charge in [-0.15, -0.1) is 0 Å². The van der Waals surface area contributed by atoms with Crippen molar-refractivity contribution >= 4 is 45.6 Å². The fourth-order valence-electron chi connectivity index (χ4n) is 4.67. The molecule has 0 spiro atoms. The third kappa shape index (κ3) is 5.49. The van der Waals surface area contributed by atoms with Crippen LogP contribution in [0.4, 0.5) is 29.3 Å². The van der Waals surface area contributed by atoms with Crippen LogP contribution >= 0.6 is 0 Å². The van der Waals surface area contributed by atoms with Gasteiger partial charge in [0.05, 0.1) is 34.5 Å². The zero-order chi connectivity index (χ0) is 29.3. The zero-order valence-electron chi connectivity index (χ0n) is 22.0. The van der Waals surface area contributed by atoms with Gasteiger partial charge < -0.3 is 19.8 Å². The van der Waals surface area contributed by atoms with Crippen molar-refractivity contribution in [1.29, 1.82) is 0 Å². The number of halogens is 3. The molecule has 7 nitrogen and oxygen atoms in total. The minimum Gasteiger partial charge on any atom is -0.462 e. The van der Waals surface area contributed by atoms with Crippen molar-refractivity contribution in [3.8, 4) is 0 Å². The summed E-state index contributed by atoms with van der Waals surface area (Å²) < 4.78 is 45.8. The number of nitrogens with zero attached hydrogens (tertiary/aromatic N) is 1. The molecule has 0 aliphatic heterocycles. The highest BCUT2D eigenvalue weighted by atomic mass is 19.4. The Kier molecular flexibility index (Phi) is 7.23. The number of rotatable bonds is 6. The van der Waals surface area contributed by atoms with Crippen LogP contribution in [0.3, 0.4) is 0 Å². The molecule has 41 heavy (non-hydrogen) atoms. The van der Waals surface area contributed by atoms with Crippen LogP contribution < -0.4 is 10.6 Å². The number of urea groups is 1. The number of benzene rings is 3. The van der Waals surface area contributed by atoms with Crippen LogP contribution in [0.1, 0.15) is 44.5 Å². The van der Waals surface area contributed by atoms with Gasteiger partial charge in [0.25, 0.3) is 0 Å². The second-order valence-corrected chi connectivity index (χ2v) is 9.29. The minimum atomic E-state index is -4.54. The van der Waals surface area contributed by atoms with E-state index in [4.69, 9.17) is 4.74 Å². The van der Waals surface area contributed by atoms with Gasteiger partial charge in [0.2, 0.25) is 5.78 Å². The number of amides is 2. The Morgan fingerprint density at radius 3 is 2.24 bits per heavy atom. The first-order valence-corrected chi connectivity index (χ1v) is 12.7. The van der Waals surface area contributed by atoms with Gasteiger partial charge >= 0.3 is 18.2 Å². The maximum absolute atomic E-state index is 13.7. The summed E-state index contributed by atoms with van der Waals surface area (Å²) in [5.41, 5.74) is 2.49. The summed E-state index contributed by atoms with van der Waals surface area (Å²) in [5, 5.41) is 5.83. The number of ether oxygens (including phenoxy) is 1. The van der Waals surface area contributed by atoms with E-state index in [1.54, 1.807) is 11.3 Å². The largest absolute Gasteiger partial charge is 0.462 e. The first kappa shape index (κ1) is 27.4. The lowest BCUT2D eigenvalue weighted by Crippen LogP contribution is -2.20. The van der Waals surface area contributed by atoms with Crippen LogP contribution in [0, 0.1) is 6.92 Å². The Morgan fingerprint density at radius 2 is 1.54 bits per heavy atom. The molecule has 0 unspecified atom stereocenters. The smallest absolute Gasteiger partial charge is 0.416 e. The van der Waals surface area contributed by atoms with E-state index in [0.717, 1.165) is 28.6 Å². The lowest BCUT2D eigenvalue weighted by molar-refractivity contribution is -0.137. The Bertz CT molecular complexity index is 1810. The summed E-state index contributed by atoms with van der Waals surface area (Å²) >= 11 is 0. The quantitative estimate of drug-likeness (QED) is 0.167. The number of hydrogen-bond donors (Lipinski definition) is 2. The van der Waals surface area contributed by atoms with E-state index in [0.29, 0.717) is 16.8 Å². The lowest BCUT2D eigenvalue weighted by Gasteiger charge is -2.11. The number of carbonyl (C=O) groups is 3. The van der Waals surface area contributed by atoms with Crippen molar-refractivity contribution < 1.29 is 32.3 Å². The van der Waals surface area contributed by atoms with E-state index in [1.165, 1.54) is 42.5 Å².